The van der Waals surface area contributed by atoms with E-state index < -0.39 is 8.32 Å². The first kappa shape index (κ1) is 22.0. The first-order valence-electron chi connectivity index (χ1n) is 9.55. The van der Waals surface area contributed by atoms with Gasteiger partial charge in [-0.15, -0.1) is 0 Å². The molecule has 5 heteroatoms. The summed E-state index contributed by atoms with van der Waals surface area (Å²) in [6.07, 6.45) is 2.92. The molecule has 0 aromatic carbocycles. The van der Waals surface area contributed by atoms with Gasteiger partial charge in [-0.3, -0.25) is 9.78 Å². The molecule has 1 aromatic rings. The van der Waals surface area contributed by atoms with Gasteiger partial charge in [-0.2, -0.15) is 0 Å². The topological polar surface area (TPSA) is 39.2 Å². The van der Waals surface area contributed by atoms with Gasteiger partial charge in [-0.1, -0.05) is 48.5 Å². The third-order valence-corrected chi connectivity index (χ3v) is 11.6. The number of aldehydes is 1. The number of nitrogens with zero attached hydrogens (tertiary/aromatic N) is 1. The highest BCUT2D eigenvalue weighted by atomic mass is 127. The molecule has 26 heavy (non-hydrogen) atoms. The zero-order valence-corrected chi connectivity index (χ0v) is 20.9. The van der Waals surface area contributed by atoms with E-state index in [1.54, 1.807) is 0 Å². The highest BCUT2D eigenvalue weighted by Gasteiger charge is 2.44. The Morgan fingerprint density at radius 2 is 1.88 bits per heavy atom. The van der Waals surface area contributed by atoms with Crippen molar-refractivity contribution in [3.63, 3.8) is 0 Å². The zero-order chi connectivity index (χ0) is 20.1. The van der Waals surface area contributed by atoms with Gasteiger partial charge in [0.25, 0.3) is 0 Å². The smallest absolute Gasteiger partial charge is 0.192 e. The van der Waals surface area contributed by atoms with Crippen LogP contribution in [-0.2, 0) is 10.8 Å². The molecular formula is C21H34INO2Si. The maximum absolute atomic E-state index is 11.8. The van der Waals surface area contributed by atoms with Crippen LogP contribution in [0.1, 0.15) is 94.2 Å². The number of pyridine rings is 1. The van der Waals surface area contributed by atoms with Crippen molar-refractivity contribution < 1.29 is 9.22 Å². The Kier molecular flexibility index (Phi) is 6.17. The maximum atomic E-state index is 11.8. The van der Waals surface area contributed by atoms with Gasteiger partial charge in [0.1, 0.15) is 0 Å². The number of hydrogen-bond donors (Lipinski definition) is 0. The summed E-state index contributed by atoms with van der Waals surface area (Å²) in [4.78, 5) is 16.8. The average Bonchev–Trinajstić information content (AvgIpc) is 2.43. The summed E-state index contributed by atoms with van der Waals surface area (Å²) in [6, 6.07) is 0. The first-order valence-corrected chi connectivity index (χ1v) is 13.5. The number of carbonyl (C=O) groups is 1. The van der Waals surface area contributed by atoms with Gasteiger partial charge in [0, 0.05) is 20.4 Å². The maximum Gasteiger partial charge on any atom is 0.192 e. The highest BCUT2D eigenvalue weighted by Crippen LogP contribution is 2.48. The zero-order valence-electron chi connectivity index (χ0n) is 17.8. The van der Waals surface area contributed by atoms with Gasteiger partial charge in [-0.05, 0) is 64.9 Å². The summed E-state index contributed by atoms with van der Waals surface area (Å²) in [7, 11) is -1.93. The lowest BCUT2D eigenvalue weighted by atomic mass is 9.74. The van der Waals surface area contributed by atoms with Crippen molar-refractivity contribution in [3.05, 3.63) is 26.1 Å². The van der Waals surface area contributed by atoms with Gasteiger partial charge in [0.15, 0.2) is 14.6 Å². The van der Waals surface area contributed by atoms with Crippen LogP contribution >= 0.6 is 22.6 Å². The van der Waals surface area contributed by atoms with E-state index in [1.165, 1.54) is 5.56 Å². The summed E-state index contributed by atoms with van der Waals surface area (Å²) in [5.74, 6) is 0.235. The van der Waals surface area contributed by atoms with Crippen molar-refractivity contribution in [2.45, 2.75) is 91.5 Å². The summed E-state index contributed by atoms with van der Waals surface area (Å²) in [5, 5.41) is 0.152. The van der Waals surface area contributed by atoms with Gasteiger partial charge in [0.2, 0.25) is 0 Å². The molecule has 0 amide bonds. The summed E-state index contributed by atoms with van der Waals surface area (Å²) < 4.78 is 7.91. The van der Waals surface area contributed by atoms with Gasteiger partial charge >= 0.3 is 0 Å². The molecule has 1 atom stereocenters. The molecule has 1 aliphatic carbocycles. The lowest BCUT2D eigenvalue weighted by Gasteiger charge is -2.44. The van der Waals surface area contributed by atoms with Crippen molar-refractivity contribution in [3.8, 4) is 0 Å². The van der Waals surface area contributed by atoms with Crippen LogP contribution in [0.15, 0.2) is 0 Å². The van der Waals surface area contributed by atoms with Crippen LogP contribution in [-0.4, -0.2) is 19.6 Å². The molecule has 0 saturated carbocycles. The minimum Gasteiger partial charge on any atom is -0.410 e. The second kappa shape index (κ2) is 7.28. The summed E-state index contributed by atoms with van der Waals surface area (Å²) in [6.45, 7) is 20.2. The third-order valence-electron chi connectivity index (χ3n) is 5.93. The SMILES string of the molecule is CC(C)c1nc2c(c(I)c1C=O)C(O[Si](C)(C)C(C)(C)C)CC(C)(C)C2. The van der Waals surface area contributed by atoms with Crippen LogP contribution in [0.5, 0.6) is 0 Å². The molecule has 146 valence electrons. The molecule has 0 fully saturated rings. The van der Waals surface area contributed by atoms with E-state index in [2.05, 4.69) is 84.2 Å². The Bertz CT molecular complexity index is 705. The molecule has 1 unspecified atom stereocenters. The van der Waals surface area contributed by atoms with Gasteiger partial charge in [-0.25, -0.2) is 0 Å². The Hall–Kier alpha value is -0.273. The predicted octanol–water partition coefficient (Wildman–Crippen LogP) is 6.66. The van der Waals surface area contributed by atoms with Crippen molar-refractivity contribution in [2.24, 2.45) is 5.41 Å². The quantitative estimate of drug-likeness (QED) is 0.271. The average molecular weight is 487 g/mol. The van der Waals surface area contributed by atoms with E-state index in [-0.39, 0.29) is 22.5 Å². The van der Waals surface area contributed by atoms with Crippen LogP contribution < -0.4 is 0 Å². The minimum absolute atomic E-state index is 0.0222. The van der Waals surface area contributed by atoms with E-state index in [9.17, 15) is 4.79 Å². The fourth-order valence-corrected chi connectivity index (χ4v) is 5.75. The Balaban J connectivity index is 2.64. The monoisotopic (exact) mass is 487 g/mol. The largest absolute Gasteiger partial charge is 0.410 e. The molecule has 1 aromatic heterocycles. The van der Waals surface area contributed by atoms with Gasteiger partial charge < -0.3 is 4.43 Å². The predicted molar refractivity (Wildman–Crippen MR) is 120 cm³/mol. The van der Waals surface area contributed by atoms with E-state index in [0.717, 1.165) is 39.6 Å². The second-order valence-electron chi connectivity index (χ2n) is 10.3. The minimum atomic E-state index is -1.93. The third kappa shape index (κ3) is 4.25. The molecule has 0 N–H and O–H groups in total. The van der Waals surface area contributed by atoms with Crippen LogP contribution in [0.3, 0.4) is 0 Å². The van der Waals surface area contributed by atoms with Gasteiger partial charge in [0.05, 0.1) is 11.8 Å². The lowest BCUT2D eigenvalue weighted by Crippen LogP contribution is -2.44. The molecule has 0 radical (unpaired) electrons. The highest BCUT2D eigenvalue weighted by molar-refractivity contribution is 14.1. The fourth-order valence-electron chi connectivity index (χ4n) is 3.43. The molecule has 0 bridgehead atoms. The Morgan fingerprint density at radius 1 is 1.31 bits per heavy atom. The van der Waals surface area contributed by atoms with E-state index in [4.69, 9.17) is 9.41 Å². The molecule has 0 spiro atoms. The summed E-state index contributed by atoms with van der Waals surface area (Å²) in [5.41, 5.74) is 4.12. The van der Waals surface area contributed by atoms with Crippen molar-refractivity contribution >= 4 is 37.2 Å². The molecule has 1 heterocycles. The van der Waals surface area contributed by atoms with Crippen molar-refractivity contribution in [2.75, 3.05) is 0 Å². The fraction of sp³-hybridized carbons (Fsp3) is 0.714. The number of halogens is 1. The molecule has 0 aliphatic heterocycles. The number of carbonyl (C=O) groups excluding carboxylic acids is 1. The standard InChI is InChI=1S/C21H34INO2Si/c1-13(2)19-14(12-24)18(22)17-15(23-19)10-21(6,7)11-16(17)25-26(8,9)20(3,4)5/h12-13,16H,10-11H2,1-9H3. The number of rotatable bonds is 4. The van der Waals surface area contributed by atoms with Crippen molar-refractivity contribution in [1.29, 1.82) is 0 Å². The van der Waals surface area contributed by atoms with E-state index in [0.29, 0.717) is 0 Å². The van der Waals surface area contributed by atoms with Crippen LogP contribution in [0.2, 0.25) is 18.1 Å². The molecule has 0 saturated heterocycles. The molecule has 1 aliphatic rings. The first-order chi connectivity index (χ1) is 11.7. The van der Waals surface area contributed by atoms with Crippen LogP contribution in [0, 0.1) is 8.99 Å². The second-order valence-corrected chi connectivity index (χ2v) is 16.1. The molecule has 3 nitrogen and oxygen atoms in total. The van der Waals surface area contributed by atoms with Crippen LogP contribution in [0.25, 0.3) is 0 Å². The van der Waals surface area contributed by atoms with E-state index in [1.807, 2.05) is 0 Å². The molecule has 2 rings (SSSR count). The normalized spacial score (nSPS) is 20.2. The molecular weight excluding hydrogens is 453 g/mol. The number of fused-ring (bicyclic) bond motifs is 1. The Labute approximate surface area is 174 Å². The Morgan fingerprint density at radius 3 is 2.35 bits per heavy atom. The number of hydrogen-bond acceptors (Lipinski definition) is 3. The van der Waals surface area contributed by atoms with E-state index >= 15 is 0 Å². The summed E-state index contributed by atoms with van der Waals surface area (Å²) >= 11 is 2.35. The van der Waals surface area contributed by atoms with Crippen molar-refractivity contribution in [1.82, 2.24) is 4.98 Å². The number of aromatic nitrogens is 1. The van der Waals surface area contributed by atoms with Crippen LogP contribution in [0.4, 0.5) is 0 Å². The lowest BCUT2D eigenvalue weighted by molar-refractivity contribution is 0.104.